The van der Waals surface area contributed by atoms with E-state index in [1.165, 1.54) is 225 Å². The fourth-order valence-corrected chi connectivity index (χ4v) is 9.50. The third-order valence-corrected chi connectivity index (χ3v) is 14.5. The first-order valence-corrected chi connectivity index (χ1v) is 30.6. The molecule has 6 nitrogen and oxygen atoms in total. The van der Waals surface area contributed by atoms with E-state index in [2.05, 4.69) is 41.5 Å². The van der Waals surface area contributed by atoms with E-state index in [1.54, 1.807) is 0 Å². The number of unbranched alkanes of at least 4 members (excludes halogenated alkanes) is 37. The van der Waals surface area contributed by atoms with E-state index >= 15 is 0 Å². The summed E-state index contributed by atoms with van der Waals surface area (Å²) in [4.78, 5) is 38.2. The highest BCUT2D eigenvalue weighted by molar-refractivity contribution is 5.71. The molecule has 6 heteroatoms. The Hall–Kier alpha value is -1.59. The molecule has 0 fully saturated rings. The Morgan fingerprint density at radius 1 is 0.294 bits per heavy atom. The van der Waals surface area contributed by atoms with Gasteiger partial charge < -0.3 is 14.2 Å². The Morgan fingerprint density at radius 3 is 0.765 bits per heavy atom. The lowest BCUT2D eigenvalue weighted by molar-refractivity contribution is -0.167. The van der Waals surface area contributed by atoms with Crippen molar-refractivity contribution in [3.63, 3.8) is 0 Å². The van der Waals surface area contributed by atoms with Crippen molar-refractivity contribution in [1.29, 1.82) is 0 Å². The van der Waals surface area contributed by atoms with Gasteiger partial charge in [-0.2, -0.15) is 0 Å². The van der Waals surface area contributed by atoms with Crippen LogP contribution in [-0.4, -0.2) is 37.2 Å². The zero-order chi connectivity index (χ0) is 49.8. The quantitative estimate of drug-likeness (QED) is 0.0343. The molecule has 0 heterocycles. The molecular weight excluding hydrogens is 841 g/mol. The van der Waals surface area contributed by atoms with Crippen LogP contribution in [0, 0.1) is 17.8 Å². The van der Waals surface area contributed by atoms with Crippen molar-refractivity contribution in [3.05, 3.63) is 0 Å². The molecule has 68 heavy (non-hydrogen) atoms. The highest BCUT2D eigenvalue weighted by Crippen LogP contribution is 2.19. The van der Waals surface area contributed by atoms with Gasteiger partial charge in [0, 0.05) is 19.3 Å². The first-order chi connectivity index (χ1) is 33.1. The molecule has 1 unspecified atom stereocenters. The molecule has 0 aliphatic rings. The summed E-state index contributed by atoms with van der Waals surface area (Å²) in [7, 11) is 0. The molecule has 0 aliphatic carbocycles. The van der Waals surface area contributed by atoms with Gasteiger partial charge in [-0.1, -0.05) is 305 Å². The van der Waals surface area contributed by atoms with Gasteiger partial charge in [0.1, 0.15) is 13.2 Å². The zero-order valence-electron chi connectivity index (χ0n) is 46.9. The van der Waals surface area contributed by atoms with E-state index in [1.807, 2.05) is 0 Å². The lowest BCUT2D eigenvalue weighted by Crippen LogP contribution is -2.30. The molecule has 0 saturated heterocycles. The summed E-state index contributed by atoms with van der Waals surface area (Å²) in [5.41, 5.74) is 0. The predicted molar refractivity (Wildman–Crippen MR) is 293 cm³/mol. The maximum atomic E-state index is 12.9. The number of hydrogen-bond donors (Lipinski definition) is 0. The van der Waals surface area contributed by atoms with E-state index < -0.39 is 6.10 Å². The summed E-state index contributed by atoms with van der Waals surface area (Å²) in [6, 6.07) is 0. The molecule has 0 saturated carbocycles. The van der Waals surface area contributed by atoms with Crippen LogP contribution in [0.3, 0.4) is 0 Å². The van der Waals surface area contributed by atoms with Gasteiger partial charge in [-0.05, 0) is 37.0 Å². The van der Waals surface area contributed by atoms with Crippen LogP contribution in [0.1, 0.15) is 343 Å². The zero-order valence-corrected chi connectivity index (χ0v) is 46.9. The summed E-state index contributed by atoms with van der Waals surface area (Å²) in [6.45, 7) is 13.8. The van der Waals surface area contributed by atoms with Crippen LogP contribution >= 0.6 is 0 Å². The van der Waals surface area contributed by atoms with E-state index in [-0.39, 0.29) is 31.1 Å². The Kier molecular flexibility index (Phi) is 52.0. The fraction of sp³-hybridized carbons (Fsp3) is 0.952. The van der Waals surface area contributed by atoms with Crippen molar-refractivity contribution >= 4 is 17.9 Å². The van der Waals surface area contributed by atoms with Gasteiger partial charge in [-0.15, -0.1) is 0 Å². The molecule has 0 aliphatic heterocycles. The summed E-state index contributed by atoms with van der Waals surface area (Å²) in [5.74, 6) is 1.72. The SMILES string of the molecule is CCC(C)CCCCCCCCCCCCCCCCC(=O)OC[C@H](COC(=O)CCCCCCCCCCCCCCCCCCC(C)C)OC(=O)CCCCCCCCCCCCC(C)C. The minimum atomic E-state index is -0.764. The Labute approximate surface area is 425 Å². The third-order valence-electron chi connectivity index (χ3n) is 14.5. The van der Waals surface area contributed by atoms with Crippen molar-refractivity contribution in [1.82, 2.24) is 0 Å². The summed E-state index contributed by atoms with van der Waals surface area (Å²) >= 11 is 0. The van der Waals surface area contributed by atoms with E-state index in [0.717, 1.165) is 75.5 Å². The molecule has 2 atom stereocenters. The molecule has 0 aromatic heterocycles. The van der Waals surface area contributed by atoms with Gasteiger partial charge in [0.25, 0.3) is 0 Å². The molecule has 0 amide bonds. The summed E-state index contributed by atoms with van der Waals surface area (Å²) in [6.07, 6.45) is 56.6. The van der Waals surface area contributed by atoms with Gasteiger partial charge >= 0.3 is 17.9 Å². The van der Waals surface area contributed by atoms with Crippen LogP contribution in [0.5, 0.6) is 0 Å². The highest BCUT2D eigenvalue weighted by atomic mass is 16.6. The number of hydrogen-bond acceptors (Lipinski definition) is 6. The lowest BCUT2D eigenvalue weighted by atomic mass is 9.99. The standard InChI is InChI=1S/C62H120O6/c1-7-58(6)50-44-38-32-26-19-15-12-13-17-21-28-34-40-46-52-61(64)67-55-59(68-62(65)53-47-41-35-29-23-22-25-31-37-43-49-57(4)5)54-66-60(63)51-45-39-33-27-20-16-11-9-8-10-14-18-24-30-36-42-48-56(2)3/h56-59H,7-55H2,1-6H3/t58?,59-/m0/s1. The van der Waals surface area contributed by atoms with Crippen LogP contribution in [0.15, 0.2) is 0 Å². The van der Waals surface area contributed by atoms with Gasteiger partial charge in [-0.3, -0.25) is 14.4 Å². The molecule has 0 aromatic carbocycles. The molecule has 0 radical (unpaired) electrons. The number of carbonyl (C=O) groups is 3. The Bertz CT molecular complexity index is 1060. The molecule has 0 aromatic rings. The molecule has 0 bridgehead atoms. The van der Waals surface area contributed by atoms with Crippen LogP contribution < -0.4 is 0 Å². The first-order valence-electron chi connectivity index (χ1n) is 30.6. The predicted octanol–water partition coefficient (Wildman–Crippen LogP) is 20.3. The molecule has 404 valence electrons. The maximum Gasteiger partial charge on any atom is 0.306 e. The van der Waals surface area contributed by atoms with Gasteiger partial charge in [0.05, 0.1) is 0 Å². The summed E-state index contributed by atoms with van der Waals surface area (Å²) < 4.78 is 16.9. The van der Waals surface area contributed by atoms with Crippen molar-refractivity contribution in [2.24, 2.45) is 17.8 Å². The number of ether oxygens (including phenoxy) is 3. The van der Waals surface area contributed by atoms with Gasteiger partial charge in [0.15, 0.2) is 6.10 Å². The molecule has 0 rings (SSSR count). The van der Waals surface area contributed by atoms with E-state index in [4.69, 9.17) is 14.2 Å². The number of esters is 3. The lowest BCUT2D eigenvalue weighted by Gasteiger charge is -2.18. The topological polar surface area (TPSA) is 78.9 Å². The van der Waals surface area contributed by atoms with Crippen molar-refractivity contribution in [2.45, 2.75) is 349 Å². The minimum Gasteiger partial charge on any atom is -0.462 e. The number of rotatable bonds is 55. The molecule has 0 N–H and O–H groups in total. The maximum absolute atomic E-state index is 12.9. The van der Waals surface area contributed by atoms with E-state index in [9.17, 15) is 14.4 Å². The minimum absolute atomic E-state index is 0.0632. The molecular formula is C62H120O6. The van der Waals surface area contributed by atoms with Gasteiger partial charge in [0.2, 0.25) is 0 Å². The highest BCUT2D eigenvalue weighted by Gasteiger charge is 2.19. The largest absolute Gasteiger partial charge is 0.462 e. The first kappa shape index (κ1) is 66.4. The van der Waals surface area contributed by atoms with Crippen LogP contribution in [0.4, 0.5) is 0 Å². The number of carbonyl (C=O) groups excluding carboxylic acids is 3. The second-order valence-electron chi connectivity index (χ2n) is 22.5. The van der Waals surface area contributed by atoms with Crippen molar-refractivity contribution < 1.29 is 28.6 Å². The monoisotopic (exact) mass is 961 g/mol. The van der Waals surface area contributed by atoms with Crippen molar-refractivity contribution in [3.8, 4) is 0 Å². The smallest absolute Gasteiger partial charge is 0.306 e. The average Bonchev–Trinajstić information content (AvgIpc) is 3.31. The summed E-state index contributed by atoms with van der Waals surface area (Å²) in [5, 5.41) is 0. The normalized spacial score (nSPS) is 12.5. The third kappa shape index (κ3) is 53.8. The van der Waals surface area contributed by atoms with Crippen LogP contribution in [-0.2, 0) is 28.6 Å². The van der Waals surface area contributed by atoms with Crippen molar-refractivity contribution in [2.75, 3.05) is 13.2 Å². The average molecular weight is 962 g/mol. The Balaban J connectivity index is 4.27. The molecule has 0 spiro atoms. The van der Waals surface area contributed by atoms with Crippen LogP contribution in [0.25, 0.3) is 0 Å². The van der Waals surface area contributed by atoms with Gasteiger partial charge in [-0.25, -0.2) is 0 Å². The second-order valence-corrected chi connectivity index (χ2v) is 22.5. The fourth-order valence-electron chi connectivity index (χ4n) is 9.50. The Morgan fingerprint density at radius 2 is 0.515 bits per heavy atom. The second kappa shape index (κ2) is 53.2. The van der Waals surface area contributed by atoms with E-state index in [0.29, 0.717) is 19.3 Å². The van der Waals surface area contributed by atoms with Crippen LogP contribution in [0.2, 0.25) is 0 Å².